The molecule has 0 aliphatic carbocycles. The fourth-order valence-electron chi connectivity index (χ4n) is 2.60. The summed E-state index contributed by atoms with van der Waals surface area (Å²) in [4.78, 5) is 25.4. The lowest BCUT2D eigenvalue weighted by atomic mass is 9.96. The average Bonchev–Trinajstić information content (AvgIpc) is 2.48. The Kier molecular flexibility index (Phi) is 4.90. The first-order valence-electron chi connectivity index (χ1n) is 7.24. The van der Waals surface area contributed by atoms with Crippen molar-refractivity contribution in [1.82, 2.24) is 4.90 Å². The smallest absolute Gasteiger partial charge is 0.220 e. The van der Waals surface area contributed by atoms with E-state index in [0.717, 1.165) is 37.9 Å². The van der Waals surface area contributed by atoms with Gasteiger partial charge in [0.15, 0.2) is 5.78 Å². The van der Waals surface area contributed by atoms with Crippen LogP contribution in [0.4, 0.5) is 0 Å². The van der Waals surface area contributed by atoms with Crippen LogP contribution in [0.25, 0.3) is 0 Å². The van der Waals surface area contributed by atoms with Crippen molar-refractivity contribution in [2.24, 2.45) is 11.7 Å². The van der Waals surface area contributed by atoms with Crippen LogP contribution in [0.3, 0.4) is 0 Å². The molecular weight excluding hydrogens is 252 g/mol. The second kappa shape index (κ2) is 6.66. The topological polar surface area (TPSA) is 63.4 Å². The Morgan fingerprint density at radius 2 is 1.80 bits per heavy atom. The summed E-state index contributed by atoms with van der Waals surface area (Å²) >= 11 is 0. The summed E-state index contributed by atoms with van der Waals surface area (Å²) in [7, 11) is 0. The van der Waals surface area contributed by atoms with E-state index in [9.17, 15) is 9.59 Å². The van der Waals surface area contributed by atoms with Crippen LogP contribution in [-0.4, -0.2) is 36.2 Å². The SMILES string of the molecule is CCc1ccc(C(=O)CN2CCC(C(N)=O)CC2)cc1. The maximum absolute atomic E-state index is 12.2. The van der Waals surface area contributed by atoms with Gasteiger partial charge in [-0.15, -0.1) is 0 Å². The maximum Gasteiger partial charge on any atom is 0.220 e. The highest BCUT2D eigenvalue weighted by atomic mass is 16.1. The number of aryl methyl sites for hydroxylation is 1. The lowest BCUT2D eigenvalue weighted by Gasteiger charge is -2.29. The summed E-state index contributed by atoms with van der Waals surface area (Å²) in [5.41, 5.74) is 7.31. The normalized spacial score (nSPS) is 17.1. The Bertz CT molecular complexity index is 474. The van der Waals surface area contributed by atoms with Crippen LogP contribution in [-0.2, 0) is 11.2 Å². The molecule has 1 amide bonds. The quantitative estimate of drug-likeness (QED) is 0.830. The van der Waals surface area contributed by atoms with Gasteiger partial charge in [0.1, 0.15) is 0 Å². The van der Waals surface area contributed by atoms with Gasteiger partial charge in [0.2, 0.25) is 5.91 Å². The van der Waals surface area contributed by atoms with E-state index in [2.05, 4.69) is 11.8 Å². The molecule has 0 radical (unpaired) electrons. The minimum Gasteiger partial charge on any atom is -0.369 e. The average molecular weight is 274 g/mol. The second-order valence-corrected chi connectivity index (χ2v) is 5.43. The number of amides is 1. The van der Waals surface area contributed by atoms with E-state index < -0.39 is 0 Å². The molecule has 2 rings (SSSR count). The first-order valence-corrected chi connectivity index (χ1v) is 7.24. The molecule has 108 valence electrons. The second-order valence-electron chi connectivity index (χ2n) is 5.43. The van der Waals surface area contributed by atoms with Crippen LogP contribution >= 0.6 is 0 Å². The highest BCUT2D eigenvalue weighted by Gasteiger charge is 2.24. The molecule has 1 heterocycles. The zero-order valence-corrected chi connectivity index (χ0v) is 12.0. The van der Waals surface area contributed by atoms with Crippen LogP contribution in [0, 0.1) is 5.92 Å². The number of nitrogens with two attached hydrogens (primary N) is 1. The predicted octanol–water partition coefficient (Wildman–Crippen LogP) is 1.63. The van der Waals surface area contributed by atoms with Gasteiger partial charge < -0.3 is 5.73 Å². The van der Waals surface area contributed by atoms with Crippen molar-refractivity contribution in [1.29, 1.82) is 0 Å². The number of hydrogen-bond acceptors (Lipinski definition) is 3. The third-order valence-corrected chi connectivity index (χ3v) is 4.04. The van der Waals surface area contributed by atoms with E-state index in [1.165, 1.54) is 5.56 Å². The lowest BCUT2D eigenvalue weighted by molar-refractivity contribution is -0.123. The summed E-state index contributed by atoms with van der Waals surface area (Å²) in [6.45, 7) is 4.06. The molecule has 1 saturated heterocycles. The van der Waals surface area contributed by atoms with Gasteiger partial charge in [-0.3, -0.25) is 14.5 Å². The first kappa shape index (κ1) is 14.7. The van der Waals surface area contributed by atoms with Gasteiger partial charge in [0.25, 0.3) is 0 Å². The number of rotatable bonds is 5. The molecule has 0 spiro atoms. The number of Topliss-reactive ketones (excluding diaryl/α,β-unsaturated/α-hetero) is 1. The van der Waals surface area contributed by atoms with E-state index >= 15 is 0 Å². The third-order valence-electron chi connectivity index (χ3n) is 4.04. The molecule has 0 unspecified atom stereocenters. The number of likely N-dealkylation sites (tertiary alicyclic amines) is 1. The summed E-state index contributed by atoms with van der Waals surface area (Å²) in [6, 6.07) is 7.81. The number of nitrogens with zero attached hydrogens (tertiary/aromatic N) is 1. The third kappa shape index (κ3) is 3.67. The Labute approximate surface area is 119 Å². The molecule has 20 heavy (non-hydrogen) atoms. The van der Waals surface area contributed by atoms with Crippen LogP contribution in [0.1, 0.15) is 35.7 Å². The van der Waals surface area contributed by atoms with Crippen molar-refractivity contribution in [2.45, 2.75) is 26.2 Å². The predicted molar refractivity (Wildman–Crippen MR) is 78.5 cm³/mol. The summed E-state index contributed by atoms with van der Waals surface area (Å²) < 4.78 is 0. The summed E-state index contributed by atoms with van der Waals surface area (Å²) in [5.74, 6) is -0.0958. The molecule has 0 saturated carbocycles. The number of carbonyl (C=O) groups is 2. The van der Waals surface area contributed by atoms with E-state index in [0.29, 0.717) is 6.54 Å². The zero-order chi connectivity index (χ0) is 14.5. The van der Waals surface area contributed by atoms with Gasteiger partial charge in [-0.05, 0) is 37.9 Å². The highest BCUT2D eigenvalue weighted by Crippen LogP contribution is 2.17. The molecule has 0 atom stereocenters. The molecule has 2 N–H and O–H groups in total. The molecule has 1 aromatic rings. The lowest BCUT2D eigenvalue weighted by Crippen LogP contribution is -2.40. The van der Waals surface area contributed by atoms with E-state index in [1.54, 1.807) is 0 Å². The van der Waals surface area contributed by atoms with Gasteiger partial charge in [-0.2, -0.15) is 0 Å². The summed E-state index contributed by atoms with van der Waals surface area (Å²) in [6.07, 6.45) is 2.50. The van der Waals surface area contributed by atoms with Crippen molar-refractivity contribution in [3.8, 4) is 0 Å². The van der Waals surface area contributed by atoms with Crippen molar-refractivity contribution in [3.05, 3.63) is 35.4 Å². The van der Waals surface area contributed by atoms with E-state index in [4.69, 9.17) is 5.73 Å². The van der Waals surface area contributed by atoms with Crippen molar-refractivity contribution >= 4 is 11.7 Å². The number of primary amides is 1. The minimum absolute atomic E-state index is 0.0230. The van der Waals surface area contributed by atoms with Crippen molar-refractivity contribution in [3.63, 3.8) is 0 Å². The largest absolute Gasteiger partial charge is 0.369 e. The van der Waals surface area contributed by atoms with Crippen molar-refractivity contribution in [2.75, 3.05) is 19.6 Å². The Morgan fingerprint density at radius 3 is 2.30 bits per heavy atom. The van der Waals surface area contributed by atoms with Crippen LogP contribution in [0.2, 0.25) is 0 Å². The van der Waals surface area contributed by atoms with Gasteiger partial charge >= 0.3 is 0 Å². The number of hydrogen-bond donors (Lipinski definition) is 1. The molecule has 4 nitrogen and oxygen atoms in total. The highest BCUT2D eigenvalue weighted by molar-refractivity contribution is 5.97. The first-order chi connectivity index (χ1) is 9.60. The van der Waals surface area contributed by atoms with Gasteiger partial charge in [-0.25, -0.2) is 0 Å². The van der Waals surface area contributed by atoms with E-state index in [-0.39, 0.29) is 17.6 Å². The fourth-order valence-corrected chi connectivity index (χ4v) is 2.60. The van der Waals surface area contributed by atoms with Crippen LogP contribution in [0.15, 0.2) is 24.3 Å². The number of carbonyl (C=O) groups excluding carboxylic acids is 2. The standard InChI is InChI=1S/C16H22N2O2/c1-2-12-3-5-13(6-4-12)15(19)11-18-9-7-14(8-10-18)16(17)20/h3-6,14H,2,7-11H2,1H3,(H2,17,20). The monoisotopic (exact) mass is 274 g/mol. The molecule has 0 bridgehead atoms. The van der Waals surface area contributed by atoms with Crippen LogP contribution in [0.5, 0.6) is 0 Å². The van der Waals surface area contributed by atoms with Crippen LogP contribution < -0.4 is 5.73 Å². The molecule has 0 aromatic heterocycles. The molecule has 1 fully saturated rings. The Balaban J connectivity index is 1.87. The molecular formula is C16H22N2O2. The molecule has 1 aliphatic heterocycles. The number of benzene rings is 1. The minimum atomic E-state index is -0.217. The number of ketones is 1. The Morgan fingerprint density at radius 1 is 1.20 bits per heavy atom. The van der Waals surface area contributed by atoms with Crippen molar-refractivity contribution < 1.29 is 9.59 Å². The van der Waals surface area contributed by atoms with E-state index in [1.807, 2.05) is 24.3 Å². The maximum atomic E-state index is 12.2. The molecule has 4 heteroatoms. The van der Waals surface area contributed by atoms with Gasteiger partial charge in [0, 0.05) is 11.5 Å². The van der Waals surface area contributed by atoms with Gasteiger partial charge in [0.05, 0.1) is 6.54 Å². The Hall–Kier alpha value is -1.68. The summed E-state index contributed by atoms with van der Waals surface area (Å²) in [5, 5.41) is 0. The van der Waals surface area contributed by atoms with Gasteiger partial charge in [-0.1, -0.05) is 31.2 Å². The molecule has 1 aromatic carbocycles. The number of piperidine rings is 1. The fraction of sp³-hybridized carbons (Fsp3) is 0.500. The molecule has 1 aliphatic rings. The zero-order valence-electron chi connectivity index (χ0n) is 12.0.